The van der Waals surface area contributed by atoms with E-state index in [2.05, 4.69) is 12.2 Å². The maximum atomic E-state index is 11.6. The topological polar surface area (TPSA) is 38.3 Å². The van der Waals surface area contributed by atoms with E-state index in [1.807, 2.05) is 6.92 Å². The van der Waals surface area contributed by atoms with Crippen molar-refractivity contribution in [2.45, 2.75) is 64.8 Å². The molecule has 0 bridgehead atoms. The van der Waals surface area contributed by atoms with E-state index in [1.165, 1.54) is 25.7 Å². The molecule has 1 saturated carbocycles. The van der Waals surface area contributed by atoms with Gasteiger partial charge in [0.2, 0.25) is 5.91 Å². The van der Waals surface area contributed by atoms with Crippen molar-refractivity contribution < 1.29 is 9.53 Å². The van der Waals surface area contributed by atoms with Crippen LogP contribution in [0.25, 0.3) is 0 Å². The van der Waals surface area contributed by atoms with E-state index in [1.54, 1.807) is 0 Å². The van der Waals surface area contributed by atoms with Gasteiger partial charge in [0.05, 0.1) is 0 Å². The number of hydrogen-bond donors (Lipinski definition) is 1. The fraction of sp³-hybridized carbons (Fsp3) is 0.929. The van der Waals surface area contributed by atoms with Gasteiger partial charge in [-0.2, -0.15) is 0 Å². The second-order valence-electron chi connectivity index (χ2n) is 5.13. The van der Waals surface area contributed by atoms with Gasteiger partial charge in [0.25, 0.3) is 0 Å². The Morgan fingerprint density at radius 3 is 2.47 bits per heavy atom. The minimum Gasteiger partial charge on any atom is -0.372 e. The average molecular weight is 241 g/mol. The largest absolute Gasteiger partial charge is 0.372 e. The number of rotatable bonds is 7. The molecule has 0 unspecified atom stereocenters. The molecule has 0 saturated heterocycles. The van der Waals surface area contributed by atoms with Gasteiger partial charge in [-0.1, -0.05) is 26.7 Å². The molecule has 1 aliphatic carbocycles. The average Bonchev–Trinajstić information content (AvgIpc) is 2.32. The van der Waals surface area contributed by atoms with Gasteiger partial charge in [-0.3, -0.25) is 4.79 Å². The maximum absolute atomic E-state index is 11.6. The minimum atomic E-state index is 0.0531. The predicted octanol–water partition coefficient (Wildman–Crippen LogP) is 2.89. The number of carbonyl (C=O) groups excluding carboxylic acids is 1. The molecule has 0 heterocycles. The Hall–Kier alpha value is -0.570. The molecule has 0 aromatic rings. The molecular weight excluding hydrogens is 214 g/mol. The first-order valence-corrected chi connectivity index (χ1v) is 7.13. The van der Waals surface area contributed by atoms with Gasteiger partial charge in [-0.15, -0.1) is 0 Å². The number of hydrogen-bond acceptors (Lipinski definition) is 2. The zero-order valence-corrected chi connectivity index (χ0v) is 11.3. The standard InChI is InChI=1S/C14H27NO2/c1-3-5-12-6-8-13(9-7-12)15-14(16)11-17-10-4-2/h12-13H,3-11H2,1-2H3,(H,15,16). The second kappa shape index (κ2) is 8.51. The lowest BCUT2D eigenvalue weighted by atomic mass is 9.83. The van der Waals surface area contributed by atoms with Crippen LogP contribution in [-0.2, 0) is 9.53 Å². The highest BCUT2D eigenvalue weighted by molar-refractivity contribution is 5.77. The highest BCUT2D eigenvalue weighted by Gasteiger charge is 2.21. The van der Waals surface area contributed by atoms with Crippen LogP contribution in [0.3, 0.4) is 0 Å². The summed E-state index contributed by atoms with van der Waals surface area (Å²) in [4.78, 5) is 11.6. The Morgan fingerprint density at radius 1 is 1.18 bits per heavy atom. The summed E-state index contributed by atoms with van der Waals surface area (Å²) in [5.74, 6) is 0.946. The van der Waals surface area contributed by atoms with Gasteiger partial charge in [0.1, 0.15) is 6.61 Å². The van der Waals surface area contributed by atoms with E-state index in [9.17, 15) is 4.79 Å². The van der Waals surface area contributed by atoms with Crippen molar-refractivity contribution in [2.75, 3.05) is 13.2 Å². The minimum absolute atomic E-state index is 0.0531. The molecule has 17 heavy (non-hydrogen) atoms. The summed E-state index contributed by atoms with van der Waals surface area (Å²) in [5, 5.41) is 3.08. The van der Waals surface area contributed by atoms with Crippen molar-refractivity contribution in [3.8, 4) is 0 Å². The first-order chi connectivity index (χ1) is 8.26. The van der Waals surface area contributed by atoms with Crippen LogP contribution in [0.15, 0.2) is 0 Å². The van der Waals surface area contributed by atoms with E-state index >= 15 is 0 Å². The SMILES string of the molecule is CCCOCC(=O)NC1CCC(CCC)CC1. The molecule has 0 aliphatic heterocycles. The molecule has 0 spiro atoms. The van der Waals surface area contributed by atoms with Crippen molar-refractivity contribution in [3.05, 3.63) is 0 Å². The molecule has 1 N–H and O–H groups in total. The van der Waals surface area contributed by atoms with Crippen LogP contribution in [0.5, 0.6) is 0 Å². The Bertz CT molecular complexity index is 210. The molecule has 0 radical (unpaired) electrons. The van der Waals surface area contributed by atoms with Crippen molar-refractivity contribution in [1.82, 2.24) is 5.32 Å². The van der Waals surface area contributed by atoms with Gasteiger partial charge in [0, 0.05) is 12.6 Å². The van der Waals surface area contributed by atoms with Gasteiger partial charge >= 0.3 is 0 Å². The molecule has 0 aromatic carbocycles. The molecule has 3 nitrogen and oxygen atoms in total. The normalized spacial score (nSPS) is 24.6. The van der Waals surface area contributed by atoms with Crippen molar-refractivity contribution in [2.24, 2.45) is 5.92 Å². The molecular formula is C14H27NO2. The lowest BCUT2D eigenvalue weighted by molar-refractivity contribution is -0.126. The monoisotopic (exact) mass is 241 g/mol. The fourth-order valence-corrected chi connectivity index (χ4v) is 2.58. The number of nitrogens with one attached hydrogen (secondary N) is 1. The summed E-state index contributed by atoms with van der Waals surface area (Å²) in [6, 6.07) is 0.390. The van der Waals surface area contributed by atoms with Crippen LogP contribution in [0.2, 0.25) is 0 Å². The third-order valence-electron chi connectivity index (χ3n) is 3.49. The van der Waals surface area contributed by atoms with E-state index in [-0.39, 0.29) is 12.5 Å². The molecule has 3 heteroatoms. The Labute approximate surface area is 105 Å². The second-order valence-corrected chi connectivity index (χ2v) is 5.13. The summed E-state index contributed by atoms with van der Waals surface area (Å²) >= 11 is 0. The van der Waals surface area contributed by atoms with Gasteiger partial charge < -0.3 is 10.1 Å². The molecule has 1 amide bonds. The number of ether oxygens (including phenoxy) is 1. The van der Waals surface area contributed by atoms with Crippen LogP contribution in [0.4, 0.5) is 0 Å². The Kier molecular flexibility index (Phi) is 7.25. The molecule has 0 aromatic heterocycles. The summed E-state index contributed by atoms with van der Waals surface area (Å²) in [5.41, 5.74) is 0. The van der Waals surface area contributed by atoms with Crippen molar-refractivity contribution in [3.63, 3.8) is 0 Å². The predicted molar refractivity (Wildman–Crippen MR) is 69.9 cm³/mol. The summed E-state index contributed by atoms with van der Waals surface area (Å²) in [6.07, 6.45) is 8.43. The van der Waals surface area contributed by atoms with Gasteiger partial charge in [-0.25, -0.2) is 0 Å². The van der Waals surface area contributed by atoms with Crippen LogP contribution < -0.4 is 5.32 Å². The third-order valence-corrected chi connectivity index (χ3v) is 3.49. The van der Waals surface area contributed by atoms with Gasteiger partial charge in [-0.05, 0) is 38.0 Å². The molecule has 100 valence electrons. The summed E-state index contributed by atoms with van der Waals surface area (Å²) < 4.78 is 5.23. The molecule has 1 rings (SSSR count). The van der Waals surface area contributed by atoms with E-state index in [0.29, 0.717) is 12.6 Å². The fourth-order valence-electron chi connectivity index (χ4n) is 2.58. The molecule has 1 aliphatic rings. The quantitative estimate of drug-likeness (QED) is 0.696. The highest BCUT2D eigenvalue weighted by Crippen LogP contribution is 2.27. The van der Waals surface area contributed by atoms with E-state index in [0.717, 1.165) is 25.2 Å². The van der Waals surface area contributed by atoms with Crippen LogP contribution in [0.1, 0.15) is 58.8 Å². The lowest BCUT2D eigenvalue weighted by Gasteiger charge is -2.28. The van der Waals surface area contributed by atoms with E-state index < -0.39 is 0 Å². The smallest absolute Gasteiger partial charge is 0.246 e. The first-order valence-electron chi connectivity index (χ1n) is 7.13. The number of amides is 1. The Morgan fingerprint density at radius 2 is 1.88 bits per heavy atom. The molecule has 0 atom stereocenters. The molecule has 1 fully saturated rings. The zero-order chi connectivity index (χ0) is 12.5. The highest BCUT2D eigenvalue weighted by atomic mass is 16.5. The van der Waals surface area contributed by atoms with Crippen molar-refractivity contribution >= 4 is 5.91 Å². The summed E-state index contributed by atoms with van der Waals surface area (Å²) in [6.45, 7) is 5.20. The Balaban J connectivity index is 2.10. The zero-order valence-electron chi connectivity index (χ0n) is 11.3. The van der Waals surface area contributed by atoms with Crippen molar-refractivity contribution in [1.29, 1.82) is 0 Å². The first kappa shape index (κ1) is 14.5. The third kappa shape index (κ3) is 6.06. The lowest BCUT2D eigenvalue weighted by Crippen LogP contribution is -2.39. The maximum Gasteiger partial charge on any atom is 0.246 e. The van der Waals surface area contributed by atoms with Crippen LogP contribution >= 0.6 is 0 Å². The number of carbonyl (C=O) groups is 1. The van der Waals surface area contributed by atoms with Crippen LogP contribution in [0, 0.1) is 5.92 Å². The van der Waals surface area contributed by atoms with E-state index in [4.69, 9.17) is 4.74 Å². The van der Waals surface area contributed by atoms with Gasteiger partial charge in [0.15, 0.2) is 0 Å². The summed E-state index contributed by atoms with van der Waals surface area (Å²) in [7, 11) is 0. The van der Waals surface area contributed by atoms with Crippen LogP contribution in [-0.4, -0.2) is 25.2 Å².